The van der Waals surface area contributed by atoms with E-state index in [1.54, 1.807) is 13.3 Å². The lowest BCUT2D eigenvalue weighted by Crippen LogP contribution is -2.12. The van der Waals surface area contributed by atoms with Crippen LogP contribution in [0.1, 0.15) is 5.56 Å². The topological polar surface area (TPSA) is 50.3 Å². The van der Waals surface area contributed by atoms with Crippen LogP contribution in [0.4, 0.5) is 11.8 Å². The maximum absolute atomic E-state index is 5.31. The van der Waals surface area contributed by atoms with Gasteiger partial charge in [0.25, 0.3) is 0 Å². The lowest BCUT2D eigenvalue weighted by atomic mass is 10.2. The number of benzene rings is 1. The summed E-state index contributed by atoms with van der Waals surface area (Å²) >= 11 is 0. The van der Waals surface area contributed by atoms with Gasteiger partial charge in [0.1, 0.15) is 11.6 Å². The van der Waals surface area contributed by atoms with Crippen molar-refractivity contribution in [2.45, 2.75) is 6.54 Å². The highest BCUT2D eigenvalue weighted by Gasteiger charge is 2.04. The fourth-order valence-electron chi connectivity index (χ4n) is 1.71. The maximum Gasteiger partial charge on any atom is 0.224 e. The number of ether oxygens (including phenoxy) is 1. The first-order chi connectivity index (χ1) is 9.20. The van der Waals surface area contributed by atoms with Crippen LogP contribution in [0.3, 0.4) is 0 Å². The Morgan fingerprint density at radius 3 is 2.74 bits per heavy atom. The van der Waals surface area contributed by atoms with Crippen molar-refractivity contribution < 1.29 is 4.74 Å². The average molecular weight is 258 g/mol. The molecule has 0 amide bonds. The standard InChI is InChI=1S/C14H18N4O/c1-18(2)13-8-9-15-14(17-13)16-10-11-6-4-5-7-12(11)19-3/h4-9H,10H2,1-3H3,(H,15,16,17). The predicted octanol–water partition coefficient (Wildman–Crippen LogP) is 2.16. The summed E-state index contributed by atoms with van der Waals surface area (Å²) in [5.41, 5.74) is 1.07. The molecule has 0 saturated heterocycles. The zero-order valence-corrected chi connectivity index (χ0v) is 11.4. The summed E-state index contributed by atoms with van der Waals surface area (Å²) in [6.45, 7) is 0.626. The zero-order valence-electron chi connectivity index (χ0n) is 11.4. The molecule has 1 aromatic carbocycles. The van der Waals surface area contributed by atoms with Gasteiger partial charge >= 0.3 is 0 Å². The number of nitrogens with one attached hydrogen (secondary N) is 1. The zero-order chi connectivity index (χ0) is 13.7. The molecular weight excluding hydrogens is 240 g/mol. The highest BCUT2D eigenvalue weighted by molar-refractivity contribution is 5.42. The third-order valence-electron chi connectivity index (χ3n) is 2.73. The van der Waals surface area contributed by atoms with E-state index < -0.39 is 0 Å². The molecule has 1 N–H and O–H groups in total. The van der Waals surface area contributed by atoms with Crippen LogP contribution in [-0.2, 0) is 6.54 Å². The number of hydrogen-bond donors (Lipinski definition) is 1. The molecule has 100 valence electrons. The van der Waals surface area contributed by atoms with E-state index in [4.69, 9.17) is 4.74 Å². The minimum Gasteiger partial charge on any atom is -0.496 e. The summed E-state index contributed by atoms with van der Waals surface area (Å²) in [7, 11) is 5.57. The number of methoxy groups -OCH3 is 1. The van der Waals surface area contributed by atoms with Crippen molar-refractivity contribution in [2.75, 3.05) is 31.4 Å². The molecule has 0 spiro atoms. The van der Waals surface area contributed by atoms with Gasteiger partial charge in [-0.25, -0.2) is 4.98 Å². The number of para-hydroxylation sites is 1. The second-order valence-corrected chi connectivity index (χ2v) is 4.30. The third-order valence-corrected chi connectivity index (χ3v) is 2.73. The largest absolute Gasteiger partial charge is 0.496 e. The molecule has 1 aromatic heterocycles. The van der Waals surface area contributed by atoms with Crippen LogP contribution < -0.4 is 15.0 Å². The first-order valence-corrected chi connectivity index (χ1v) is 6.07. The fraction of sp³-hybridized carbons (Fsp3) is 0.286. The molecule has 0 fully saturated rings. The molecule has 2 rings (SSSR count). The van der Waals surface area contributed by atoms with Gasteiger partial charge in [-0.05, 0) is 12.1 Å². The molecule has 5 heteroatoms. The van der Waals surface area contributed by atoms with Gasteiger partial charge in [0.15, 0.2) is 0 Å². The van der Waals surface area contributed by atoms with E-state index in [0.717, 1.165) is 17.1 Å². The number of nitrogens with zero attached hydrogens (tertiary/aromatic N) is 3. The molecule has 0 bridgehead atoms. The Balaban J connectivity index is 2.08. The number of hydrogen-bond acceptors (Lipinski definition) is 5. The van der Waals surface area contributed by atoms with Crippen molar-refractivity contribution in [1.82, 2.24) is 9.97 Å². The quantitative estimate of drug-likeness (QED) is 0.890. The molecule has 0 aliphatic carbocycles. The highest BCUT2D eigenvalue weighted by atomic mass is 16.5. The molecule has 0 aliphatic rings. The van der Waals surface area contributed by atoms with Crippen molar-refractivity contribution >= 4 is 11.8 Å². The van der Waals surface area contributed by atoms with Gasteiger partial charge in [-0.2, -0.15) is 4.98 Å². The van der Waals surface area contributed by atoms with E-state index in [1.807, 2.05) is 49.3 Å². The first-order valence-electron chi connectivity index (χ1n) is 6.07. The number of anilines is 2. The van der Waals surface area contributed by atoms with Crippen LogP contribution in [0.2, 0.25) is 0 Å². The molecule has 0 radical (unpaired) electrons. The summed E-state index contributed by atoms with van der Waals surface area (Å²) in [5.74, 6) is 2.34. The van der Waals surface area contributed by atoms with Crippen molar-refractivity contribution in [2.24, 2.45) is 0 Å². The summed E-state index contributed by atoms with van der Waals surface area (Å²) in [6.07, 6.45) is 1.74. The molecule has 0 aliphatic heterocycles. The van der Waals surface area contributed by atoms with Crippen molar-refractivity contribution in [3.05, 3.63) is 42.1 Å². The Kier molecular flexibility index (Phi) is 4.18. The van der Waals surface area contributed by atoms with E-state index in [-0.39, 0.29) is 0 Å². The summed E-state index contributed by atoms with van der Waals surface area (Å²) in [4.78, 5) is 10.5. The fourth-order valence-corrected chi connectivity index (χ4v) is 1.71. The average Bonchev–Trinajstić information content (AvgIpc) is 2.45. The SMILES string of the molecule is COc1ccccc1CNc1nccc(N(C)C)n1. The normalized spacial score (nSPS) is 10.1. The van der Waals surface area contributed by atoms with Crippen molar-refractivity contribution in [3.8, 4) is 5.75 Å². The van der Waals surface area contributed by atoms with E-state index in [9.17, 15) is 0 Å². The van der Waals surface area contributed by atoms with Gasteiger partial charge in [-0.1, -0.05) is 18.2 Å². The summed E-state index contributed by atoms with van der Waals surface area (Å²) in [5, 5.41) is 3.20. The van der Waals surface area contributed by atoms with E-state index in [0.29, 0.717) is 12.5 Å². The van der Waals surface area contributed by atoms with Gasteiger partial charge in [-0.15, -0.1) is 0 Å². The van der Waals surface area contributed by atoms with E-state index in [1.165, 1.54) is 0 Å². The minimum absolute atomic E-state index is 0.608. The molecule has 1 heterocycles. The van der Waals surface area contributed by atoms with E-state index >= 15 is 0 Å². The van der Waals surface area contributed by atoms with Crippen LogP contribution >= 0.6 is 0 Å². The van der Waals surface area contributed by atoms with Crippen LogP contribution in [-0.4, -0.2) is 31.2 Å². The Labute approximate surface area is 113 Å². The third kappa shape index (κ3) is 3.34. The van der Waals surface area contributed by atoms with Gasteiger partial charge < -0.3 is 15.0 Å². The molecule has 5 nitrogen and oxygen atoms in total. The van der Waals surface area contributed by atoms with Crippen LogP contribution in [0.5, 0.6) is 5.75 Å². The molecule has 0 unspecified atom stereocenters. The Morgan fingerprint density at radius 2 is 2.00 bits per heavy atom. The van der Waals surface area contributed by atoms with Crippen molar-refractivity contribution in [3.63, 3.8) is 0 Å². The lowest BCUT2D eigenvalue weighted by molar-refractivity contribution is 0.410. The first kappa shape index (κ1) is 13.1. The summed E-state index contributed by atoms with van der Waals surface area (Å²) in [6, 6.07) is 9.76. The van der Waals surface area contributed by atoms with Gasteiger partial charge in [0.05, 0.1) is 7.11 Å². The van der Waals surface area contributed by atoms with Crippen LogP contribution in [0, 0.1) is 0 Å². The van der Waals surface area contributed by atoms with Gasteiger partial charge in [0, 0.05) is 32.4 Å². The summed E-state index contributed by atoms with van der Waals surface area (Å²) < 4.78 is 5.31. The minimum atomic E-state index is 0.608. The molecule has 0 atom stereocenters. The predicted molar refractivity (Wildman–Crippen MR) is 76.7 cm³/mol. The molecular formula is C14H18N4O. The Bertz CT molecular complexity index is 542. The van der Waals surface area contributed by atoms with E-state index in [2.05, 4.69) is 15.3 Å². The molecule has 2 aromatic rings. The number of aromatic nitrogens is 2. The lowest BCUT2D eigenvalue weighted by Gasteiger charge is -2.13. The van der Waals surface area contributed by atoms with Gasteiger partial charge in [-0.3, -0.25) is 0 Å². The van der Waals surface area contributed by atoms with Crippen molar-refractivity contribution in [1.29, 1.82) is 0 Å². The highest BCUT2D eigenvalue weighted by Crippen LogP contribution is 2.18. The monoisotopic (exact) mass is 258 g/mol. The Hall–Kier alpha value is -2.30. The molecule has 19 heavy (non-hydrogen) atoms. The molecule has 0 saturated carbocycles. The second kappa shape index (κ2) is 6.04. The maximum atomic E-state index is 5.31. The Morgan fingerprint density at radius 1 is 1.21 bits per heavy atom. The smallest absolute Gasteiger partial charge is 0.224 e. The van der Waals surface area contributed by atoms with Gasteiger partial charge in [0.2, 0.25) is 5.95 Å². The second-order valence-electron chi connectivity index (χ2n) is 4.30. The number of rotatable bonds is 5. The van der Waals surface area contributed by atoms with Crippen LogP contribution in [0.25, 0.3) is 0 Å². The van der Waals surface area contributed by atoms with Crippen LogP contribution in [0.15, 0.2) is 36.5 Å².